The van der Waals surface area contributed by atoms with Crippen molar-refractivity contribution in [2.45, 2.75) is 50.4 Å². The van der Waals surface area contributed by atoms with Gasteiger partial charge in [0, 0.05) is 12.0 Å². The zero-order chi connectivity index (χ0) is 11.9. The highest BCUT2D eigenvalue weighted by molar-refractivity contribution is 5.90. The molecule has 1 fully saturated rings. The number of carbonyl (C=O) groups is 1. The Morgan fingerprint density at radius 2 is 2.06 bits per heavy atom. The van der Waals surface area contributed by atoms with E-state index in [1.807, 2.05) is 0 Å². The summed E-state index contributed by atoms with van der Waals surface area (Å²) in [4.78, 5) is 12.3. The minimum Gasteiger partial charge on any atom is -0.359 e. The summed E-state index contributed by atoms with van der Waals surface area (Å²) in [6.45, 7) is 0. The lowest BCUT2D eigenvalue weighted by molar-refractivity contribution is -0.128. The number of aromatic nitrogens is 1. The van der Waals surface area contributed by atoms with Crippen molar-refractivity contribution in [3.63, 3.8) is 0 Å². The third-order valence-corrected chi connectivity index (χ3v) is 4.15. The predicted molar refractivity (Wildman–Crippen MR) is 59.3 cm³/mol. The van der Waals surface area contributed by atoms with Crippen molar-refractivity contribution < 1.29 is 9.32 Å². The summed E-state index contributed by atoms with van der Waals surface area (Å²) in [5.41, 5.74) is 0.806. The number of Topliss-reactive ketones (excluding diaryl/α,β-unsaturated/α-hetero) is 1. The Labute approximate surface area is 99.6 Å². The van der Waals surface area contributed by atoms with E-state index in [0.717, 1.165) is 44.1 Å². The SMILES string of the molecule is N#Cc1noc2c1CCCC21CCCCC1=O. The van der Waals surface area contributed by atoms with Crippen LogP contribution in [0.5, 0.6) is 0 Å². The summed E-state index contributed by atoms with van der Waals surface area (Å²) in [7, 11) is 0. The summed E-state index contributed by atoms with van der Waals surface area (Å²) in [6, 6.07) is 2.06. The van der Waals surface area contributed by atoms with Gasteiger partial charge in [-0.05, 0) is 32.1 Å². The first-order valence-corrected chi connectivity index (χ1v) is 6.20. The van der Waals surface area contributed by atoms with Crippen LogP contribution in [0.2, 0.25) is 0 Å². The van der Waals surface area contributed by atoms with Crippen LogP contribution in [0.15, 0.2) is 4.52 Å². The second kappa shape index (κ2) is 3.69. The van der Waals surface area contributed by atoms with E-state index in [4.69, 9.17) is 9.78 Å². The summed E-state index contributed by atoms with van der Waals surface area (Å²) in [5, 5.41) is 12.8. The molecule has 1 spiro atoms. The topological polar surface area (TPSA) is 66.9 Å². The lowest BCUT2D eigenvalue weighted by Crippen LogP contribution is -2.41. The molecule has 4 heteroatoms. The van der Waals surface area contributed by atoms with Crippen LogP contribution < -0.4 is 0 Å². The molecule has 0 aliphatic heterocycles. The highest BCUT2D eigenvalue weighted by Crippen LogP contribution is 2.46. The van der Waals surface area contributed by atoms with Gasteiger partial charge in [0.15, 0.2) is 11.5 Å². The minimum absolute atomic E-state index is 0.283. The Balaban J connectivity index is 2.13. The molecule has 0 amide bonds. The normalized spacial score (nSPS) is 27.8. The van der Waals surface area contributed by atoms with Crippen LogP contribution in [0.1, 0.15) is 55.5 Å². The molecule has 2 aliphatic carbocycles. The molecule has 88 valence electrons. The number of ketones is 1. The molecule has 4 nitrogen and oxygen atoms in total. The first-order valence-electron chi connectivity index (χ1n) is 6.20. The zero-order valence-corrected chi connectivity index (χ0v) is 9.66. The Bertz CT molecular complexity index is 512. The number of nitrogens with zero attached hydrogens (tertiary/aromatic N) is 2. The Morgan fingerprint density at radius 1 is 1.24 bits per heavy atom. The summed E-state index contributed by atoms with van der Waals surface area (Å²) >= 11 is 0. The van der Waals surface area contributed by atoms with E-state index in [2.05, 4.69) is 11.2 Å². The fraction of sp³-hybridized carbons (Fsp3) is 0.615. The van der Waals surface area contributed by atoms with Crippen molar-refractivity contribution in [2.75, 3.05) is 0 Å². The van der Waals surface area contributed by atoms with Gasteiger partial charge in [-0.15, -0.1) is 0 Å². The molecule has 3 rings (SSSR count). The minimum atomic E-state index is -0.450. The van der Waals surface area contributed by atoms with Crippen LogP contribution in [0.25, 0.3) is 0 Å². The van der Waals surface area contributed by atoms with Gasteiger partial charge < -0.3 is 4.52 Å². The molecule has 0 radical (unpaired) electrons. The van der Waals surface area contributed by atoms with Crippen molar-refractivity contribution >= 4 is 5.78 Å². The highest BCUT2D eigenvalue weighted by Gasteiger charge is 2.48. The summed E-state index contributed by atoms with van der Waals surface area (Å²) in [5.74, 6) is 0.982. The first-order chi connectivity index (χ1) is 8.28. The van der Waals surface area contributed by atoms with E-state index < -0.39 is 5.41 Å². The number of hydrogen-bond acceptors (Lipinski definition) is 4. The average Bonchev–Trinajstić information content (AvgIpc) is 2.77. The van der Waals surface area contributed by atoms with Gasteiger partial charge in [0.05, 0.1) is 5.41 Å². The Hall–Kier alpha value is -1.63. The largest absolute Gasteiger partial charge is 0.359 e. The molecule has 0 N–H and O–H groups in total. The Morgan fingerprint density at radius 3 is 2.82 bits per heavy atom. The highest BCUT2D eigenvalue weighted by atomic mass is 16.5. The summed E-state index contributed by atoms with van der Waals surface area (Å²) in [6.07, 6.45) is 6.17. The van der Waals surface area contributed by atoms with Gasteiger partial charge in [0.1, 0.15) is 11.9 Å². The molecular formula is C13H14N2O2. The molecule has 2 aliphatic rings. The van der Waals surface area contributed by atoms with Crippen LogP contribution >= 0.6 is 0 Å². The fourth-order valence-electron chi connectivity index (χ4n) is 3.28. The maximum absolute atomic E-state index is 12.3. The molecule has 0 saturated heterocycles. The van der Waals surface area contributed by atoms with Gasteiger partial charge in [-0.3, -0.25) is 4.79 Å². The Kier molecular flexibility index (Phi) is 2.29. The average molecular weight is 230 g/mol. The molecule has 0 bridgehead atoms. The van der Waals surface area contributed by atoms with Gasteiger partial charge in [0.25, 0.3) is 0 Å². The molecule has 1 saturated carbocycles. The van der Waals surface area contributed by atoms with Crippen molar-refractivity contribution in [2.24, 2.45) is 0 Å². The van der Waals surface area contributed by atoms with E-state index in [1.165, 1.54) is 0 Å². The van der Waals surface area contributed by atoms with Crippen molar-refractivity contribution in [1.82, 2.24) is 5.16 Å². The van der Waals surface area contributed by atoms with Crippen LogP contribution in [0.3, 0.4) is 0 Å². The molecule has 17 heavy (non-hydrogen) atoms. The number of nitriles is 1. The van der Waals surface area contributed by atoms with Gasteiger partial charge in [-0.1, -0.05) is 11.6 Å². The van der Waals surface area contributed by atoms with Crippen molar-refractivity contribution in [3.05, 3.63) is 17.0 Å². The molecule has 1 aromatic rings. The van der Waals surface area contributed by atoms with Gasteiger partial charge in [0.2, 0.25) is 0 Å². The quantitative estimate of drug-likeness (QED) is 0.685. The summed E-state index contributed by atoms with van der Waals surface area (Å²) < 4.78 is 5.35. The maximum Gasteiger partial charge on any atom is 0.186 e. The fourth-order valence-corrected chi connectivity index (χ4v) is 3.28. The van der Waals surface area contributed by atoms with E-state index in [9.17, 15) is 4.79 Å². The van der Waals surface area contributed by atoms with E-state index in [0.29, 0.717) is 17.9 Å². The number of carbonyl (C=O) groups excluding carboxylic acids is 1. The van der Waals surface area contributed by atoms with Crippen molar-refractivity contribution in [3.8, 4) is 6.07 Å². The molecule has 1 unspecified atom stereocenters. The third kappa shape index (κ3) is 1.35. The predicted octanol–water partition coefficient (Wildman–Crippen LogP) is 2.26. The molecule has 1 heterocycles. The van der Waals surface area contributed by atoms with Crippen LogP contribution in [0.4, 0.5) is 0 Å². The van der Waals surface area contributed by atoms with Gasteiger partial charge in [-0.2, -0.15) is 5.26 Å². The third-order valence-electron chi connectivity index (χ3n) is 4.15. The van der Waals surface area contributed by atoms with E-state index in [1.54, 1.807) is 0 Å². The van der Waals surface area contributed by atoms with Crippen LogP contribution in [-0.4, -0.2) is 10.9 Å². The molecule has 1 aromatic heterocycles. The first kappa shape index (κ1) is 10.5. The van der Waals surface area contributed by atoms with E-state index >= 15 is 0 Å². The van der Waals surface area contributed by atoms with Crippen LogP contribution in [0, 0.1) is 11.3 Å². The standard InChI is InChI=1S/C13H14N2O2/c14-8-10-9-4-3-7-13(12(9)17-15-10)6-2-1-5-11(13)16/h1-7H2. The molecule has 0 aromatic carbocycles. The number of rotatable bonds is 0. The molecule has 1 atom stereocenters. The lowest BCUT2D eigenvalue weighted by atomic mass is 9.64. The lowest BCUT2D eigenvalue weighted by Gasteiger charge is -2.36. The number of hydrogen-bond donors (Lipinski definition) is 0. The smallest absolute Gasteiger partial charge is 0.186 e. The second-order valence-corrected chi connectivity index (χ2v) is 5.02. The van der Waals surface area contributed by atoms with E-state index in [-0.39, 0.29) is 5.78 Å². The zero-order valence-electron chi connectivity index (χ0n) is 9.66. The monoisotopic (exact) mass is 230 g/mol. The number of fused-ring (bicyclic) bond motifs is 2. The van der Waals surface area contributed by atoms with Crippen molar-refractivity contribution in [1.29, 1.82) is 5.26 Å². The van der Waals surface area contributed by atoms with Gasteiger partial charge >= 0.3 is 0 Å². The second-order valence-electron chi connectivity index (χ2n) is 5.02. The van der Waals surface area contributed by atoms with Crippen LogP contribution in [-0.2, 0) is 16.6 Å². The molecular weight excluding hydrogens is 216 g/mol. The van der Waals surface area contributed by atoms with Gasteiger partial charge in [-0.25, -0.2) is 0 Å². The maximum atomic E-state index is 12.3.